The zero-order chi connectivity index (χ0) is 26.4. The van der Waals surface area contributed by atoms with Gasteiger partial charge in [0.25, 0.3) is 5.91 Å². The van der Waals surface area contributed by atoms with Gasteiger partial charge >= 0.3 is 0 Å². The van der Waals surface area contributed by atoms with Crippen molar-refractivity contribution in [2.75, 3.05) is 30.8 Å². The van der Waals surface area contributed by atoms with Crippen molar-refractivity contribution in [3.05, 3.63) is 77.9 Å². The van der Waals surface area contributed by atoms with E-state index in [1.54, 1.807) is 25.3 Å². The van der Waals surface area contributed by atoms with Crippen molar-refractivity contribution in [3.8, 4) is 22.9 Å². The molecule has 0 aliphatic carbocycles. The van der Waals surface area contributed by atoms with E-state index >= 15 is 0 Å². The van der Waals surface area contributed by atoms with Crippen molar-refractivity contribution >= 4 is 23.7 Å². The number of benzene rings is 3. The quantitative estimate of drug-likeness (QED) is 0.405. The standard InChI is InChI=1S/C30H32N4O3/c1-21(2)34-15-13-30(19-31,14-16-34)27-18-26(11-12-28(27)37-3)33-29(36)23-9-7-22(8-10-23)24-5-4-6-25(17-24)32-20-35/h4-12,17-18,20-21H,13-16H2,1-3H3,(H,32,35)(H,33,36). The van der Waals surface area contributed by atoms with E-state index < -0.39 is 5.41 Å². The van der Waals surface area contributed by atoms with Crippen LogP contribution in [0.15, 0.2) is 66.7 Å². The van der Waals surface area contributed by atoms with Crippen LogP contribution in [0.1, 0.15) is 42.6 Å². The van der Waals surface area contributed by atoms with Crippen molar-refractivity contribution in [3.63, 3.8) is 0 Å². The lowest BCUT2D eigenvalue weighted by Gasteiger charge is -2.40. The molecule has 1 aliphatic heterocycles. The Morgan fingerprint density at radius 2 is 1.76 bits per heavy atom. The van der Waals surface area contributed by atoms with Gasteiger partial charge in [-0.3, -0.25) is 9.59 Å². The molecule has 3 aromatic rings. The highest BCUT2D eigenvalue weighted by atomic mass is 16.5. The first-order valence-electron chi connectivity index (χ1n) is 12.4. The summed E-state index contributed by atoms with van der Waals surface area (Å²) in [7, 11) is 1.61. The molecule has 2 amide bonds. The Morgan fingerprint density at radius 1 is 1.03 bits per heavy atom. The lowest BCUT2D eigenvalue weighted by Crippen LogP contribution is -2.44. The number of nitriles is 1. The molecular weight excluding hydrogens is 464 g/mol. The highest BCUT2D eigenvalue weighted by Gasteiger charge is 2.39. The van der Waals surface area contributed by atoms with Gasteiger partial charge in [-0.25, -0.2) is 0 Å². The van der Waals surface area contributed by atoms with Crippen molar-refractivity contribution in [2.45, 2.75) is 38.1 Å². The average molecular weight is 497 g/mol. The Balaban J connectivity index is 1.53. The lowest BCUT2D eigenvalue weighted by atomic mass is 9.73. The second-order valence-electron chi connectivity index (χ2n) is 9.61. The maximum absolute atomic E-state index is 13.0. The summed E-state index contributed by atoms with van der Waals surface area (Å²) in [5, 5.41) is 15.9. The monoisotopic (exact) mass is 496 g/mol. The van der Waals surface area contributed by atoms with E-state index in [9.17, 15) is 14.9 Å². The maximum Gasteiger partial charge on any atom is 0.255 e. The van der Waals surface area contributed by atoms with Gasteiger partial charge in [0.15, 0.2) is 0 Å². The molecule has 1 saturated heterocycles. The van der Waals surface area contributed by atoms with Gasteiger partial charge < -0.3 is 20.3 Å². The zero-order valence-electron chi connectivity index (χ0n) is 21.5. The molecule has 0 bridgehead atoms. The minimum Gasteiger partial charge on any atom is -0.496 e. The number of amides is 2. The SMILES string of the molecule is COc1ccc(NC(=O)c2ccc(-c3cccc(NC=O)c3)cc2)cc1C1(C#N)CCN(C(C)C)CC1. The Labute approximate surface area is 218 Å². The van der Waals surface area contributed by atoms with E-state index in [4.69, 9.17) is 4.74 Å². The second-order valence-corrected chi connectivity index (χ2v) is 9.61. The Bertz CT molecular complexity index is 1300. The number of rotatable bonds is 8. The maximum atomic E-state index is 13.0. The van der Waals surface area contributed by atoms with Crippen molar-refractivity contribution in [1.82, 2.24) is 4.90 Å². The van der Waals surface area contributed by atoms with Crippen LogP contribution in [-0.2, 0) is 10.2 Å². The van der Waals surface area contributed by atoms with E-state index in [2.05, 4.69) is 35.5 Å². The molecule has 0 spiro atoms. The predicted molar refractivity (Wildman–Crippen MR) is 146 cm³/mol. The molecule has 4 rings (SSSR count). The number of nitrogens with zero attached hydrogens (tertiary/aromatic N) is 2. The normalized spacial score (nSPS) is 15.0. The fourth-order valence-electron chi connectivity index (χ4n) is 4.90. The predicted octanol–water partition coefficient (Wildman–Crippen LogP) is 5.45. The van der Waals surface area contributed by atoms with Crippen LogP contribution in [0, 0.1) is 11.3 Å². The number of likely N-dealkylation sites (tertiary alicyclic amines) is 1. The van der Waals surface area contributed by atoms with Gasteiger partial charge in [0.05, 0.1) is 18.6 Å². The molecule has 190 valence electrons. The van der Waals surface area contributed by atoms with Crippen LogP contribution in [0.25, 0.3) is 11.1 Å². The van der Waals surface area contributed by atoms with Crippen molar-refractivity contribution < 1.29 is 14.3 Å². The van der Waals surface area contributed by atoms with E-state index in [1.165, 1.54) is 0 Å². The number of piperidine rings is 1. The largest absolute Gasteiger partial charge is 0.496 e. The van der Waals surface area contributed by atoms with Gasteiger partial charge in [-0.1, -0.05) is 24.3 Å². The number of ether oxygens (including phenoxy) is 1. The molecule has 0 atom stereocenters. The van der Waals surface area contributed by atoms with E-state index in [1.807, 2.05) is 48.5 Å². The lowest BCUT2D eigenvalue weighted by molar-refractivity contribution is -0.105. The van der Waals surface area contributed by atoms with Gasteiger partial charge in [0.2, 0.25) is 6.41 Å². The van der Waals surface area contributed by atoms with Crippen LogP contribution in [0.4, 0.5) is 11.4 Å². The van der Waals surface area contributed by atoms with E-state index in [0.717, 1.165) is 29.8 Å². The molecule has 1 heterocycles. The molecule has 1 aliphatic rings. The number of carbonyl (C=O) groups excluding carboxylic acids is 2. The molecule has 0 saturated carbocycles. The minimum absolute atomic E-state index is 0.236. The second kappa shape index (κ2) is 11.3. The van der Waals surface area contributed by atoms with Gasteiger partial charge in [-0.05, 0) is 80.3 Å². The molecule has 3 aromatic carbocycles. The number of hydrogen-bond acceptors (Lipinski definition) is 5. The summed E-state index contributed by atoms with van der Waals surface area (Å²) in [6, 6.07) is 23.3. The summed E-state index contributed by atoms with van der Waals surface area (Å²) in [5.74, 6) is 0.424. The summed E-state index contributed by atoms with van der Waals surface area (Å²) in [6.07, 6.45) is 2.06. The smallest absolute Gasteiger partial charge is 0.255 e. The molecule has 7 heteroatoms. The van der Waals surface area contributed by atoms with Crippen LogP contribution >= 0.6 is 0 Å². The number of methoxy groups -OCH3 is 1. The van der Waals surface area contributed by atoms with Crippen LogP contribution < -0.4 is 15.4 Å². The molecule has 7 nitrogen and oxygen atoms in total. The number of nitrogens with one attached hydrogen (secondary N) is 2. The summed E-state index contributed by atoms with van der Waals surface area (Å²) in [6.45, 7) is 6.02. The Morgan fingerprint density at radius 3 is 2.38 bits per heavy atom. The van der Waals surface area contributed by atoms with Crippen LogP contribution in [0.2, 0.25) is 0 Å². The summed E-state index contributed by atoms with van der Waals surface area (Å²) >= 11 is 0. The van der Waals surface area contributed by atoms with Crippen molar-refractivity contribution in [1.29, 1.82) is 5.26 Å². The van der Waals surface area contributed by atoms with E-state index in [0.29, 0.717) is 48.0 Å². The van der Waals surface area contributed by atoms with Crippen LogP contribution in [0.3, 0.4) is 0 Å². The number of anilines is 2. The van der Waals surface area contributed by atoms with Gasteiger partial charge in [-0.15, -0.1) is 0 Å². The molecule has 0 radical (unpaired) electrons. The summed E-state index contributed by atoms with van der Waals surface area (Å²) in [4.78, 5) is 26.2. The minimum atomic E-state index is -0.660. The first-order valence-corrected chi connectivity index (χ1v) is 12.4. The molecule has 1 fully saturated rings. The third-order valence-corrected chi connectivity index (χ3v) is 7.14. The Kier molecular flexibility index (Phi) is 7.90. The van der Waals surface area contributed by atoms with E-state index in [-0.39, 0.29) is 5.91 Å². The van der Waals surface area contributed by atoms with Gasteiger partial charge in [-0.2, -0.15) is 5.26 Å². The number of carbonyl (C=O) groups is 2. The fourth-order valence-corrected chi connectivity index (χ4v) is 4.90. The van der Waals surface area contributed by atoms with Crippen LogP contribution in [0.5, 0.6) is 5.75 Å². The third-order valence-electron chi connectivity index (χ3n) is 7.14. The zero-order valence-corrected chi connectivity index (χ0v) is 21.5. The summed E-state index contributed by atoms with van der Waals surface area (Å²) < 4.78 is 5.62. The first-order chi connectivity index (χ1) is 17.9. The molecule has 37 heavy (non-hydrogen) atoms. The molecule has 0 unspecified atom stereocenters. The van der Waals surface area contributed by atoms with Gasteiger partial charge in [0.1, 0.15) is 5.75 Å². The third kappa shape index (κ3) is 5.65. The fraction of sp³-hybridized carbons (Fsp3) is 0.300. The molecular formula is C30H32N4O3. The topological polar surface area (TPSA) is 94.5 Å². The highest BCUT2D eigenvalue weighted by molar-refractivity contribution is 6.04. The molecule has 2 N–H and O–H groups in total. The summed E-state index contributed by atoms with van der Waals surface area (Å²) in [5.41, 5.74) is 3.87. The van der Waals surface area contributed by atoms with Gasteiger partial charge in [0, 0.05) is 41.6 Å². The first kappa shape index (κ1) is 25.9. The molecule has 0 aromatic heterocycles. The van der Waals surface area contributed by atoms with Crippen molar-refractivity contribution in [2.24, 2.45) is 0 Å². The average Bonchev–Trinajstić information content (AvgIpc) is 2.93. The van der Waals surface area contributed by atoms with Crippen LogP contribution in [-0.4, -0.2) is 43.5 Å². The Hall–Kier alpha value is -4.15. The highest BCUT2D eigenvalue weighted by Crippen LogP contribution is 2.41. The number of hydrogen-bond donors (Lipinski definition) is 2.